The number of carbonyl (C=O) groups excluding carboxylic acids is 1. The third kappa shape index (κ3) is 3.49. The van der Waals surface area contributed by atoms with Gasteiger partial charge in [0.1, 0.15) is 12.4 Å². The topological polar surface area (TPSA) is 97.1 Å². The minimum atomic E-state index is -1.06. The zero-order valence-electron chi connectivity index (χ0n) is 12.4. The molecule has 0 aliphatic carbocycles. The number of nitrogens with zero attached hydrogens (tertiary/aromatic N) is 3. The zero-order chi connectivity index (χ0) is 16.1. The van der Waals surface area contributed by atoms with Crippen LogP contribution < -0.4 is 5.32 Å². The number of nitrogens with one attached hydrogen (secondary N) is 1. The van der Waals surface area contributed by atoms with Crippen LogP contribution in [0.1, 0.15) is 30.9 Å². The molecule has 1 aromatic heterocycles. The summed E-state index contributed by atoms with van der Waals surface area (Å²) in [6.07, 6.45) is 2.06. The first kappa shape index (κ1) is 15.7. The van der Waals surface area contributed by atoms with E-state index in [1.165, 1.54) is 11.0 Å². The summed E-state index contributed by atoms with van der Waals surface area (Å²) < 4.78 is 1.47. The van der Waals surface area contributed by atoms with Gasteiger partial charge in [-0.3, -0.25) is 4.79 Å². The second kappa shape index (κ2) is 6.84. The van der Waals surface area contributed by atoms with Gasteiger partial charge in [-0.2, -0.15) is 0 Å². The molecule has 0 spiro atoms. The van der Waals surface area contributed by atoms with Crippen LogP contribution in [0.3, 0.4) is 0 Å². The molecule has 22 heavy (non-hydrogen) atoms. The van der Waals surface area contributed by atoms with Crippen LogP contribution >= 0.6 is 0 Å². The molecule has 0 fully saturated rings. The van der Waals surface area contributed by atoms with E-state index in [0.717, 1.165) is 5.69 Å². The average molecular weight is 302 g/mol. The molecule has 0 bridgehead atoms. The first-order chi connectivity index (χ1) is 10.5. The monoisotopic (exact) mass is 302 g/mol. The van der Waals surface area contributed by atoms with E-state index in [0.29, 0.717) is 6.42 Å². The van der Waals surface area contributed by atoms with E-state index >= 15 is 0 Å². The molecule has 2 aromatic rings. The Labute approximate surface area is 128 Å². The van der Waals surface area contributed by atoms with Crippen molar-refractivity contribution in [2.24, 2.45) is 5.92 Å². The molecule has 7 nitrogen and oxygen atoms in total. The fourth-order valence-electron chi connectivity index (χ4n) is 1.96. The van der Waals surface area contributed by atoms with Crippen LogP contribution in [0.25, 0.3) is 5.69 Å². The maximum Gasteiger partial charge on any atom is 0.326 e. The van der Waals surface area contributed by atoms with Gasteiger partial charge < -0.3 is 10.4 Å². The van der Waals surface area contributed by atoms with Crippen molar-refractivity contribution in [1.29, 1.82) is 0 Å². The molecule has 2 N–H and O–H groups in total. The zero-order valence-corrected chi connectivity index (χ0v) is 12.4. The van der Waals surface area contributed by atoms with Gasteiger partial charge >= 0.3 is 5.97 Å². The number of amides is 1. The molecule has 2 rings (SSSR count). The van der Waals surface area contributed by atoms with Gasteiger partial charge in [-0.1, -0.05) is 38.5 Å². The number of rotatable bonds is 6. The highest BCUT2D eigenvalue weighted by Gasteiger charge is 2.27. The Morgan fingerprint density at radius 3 is 2.59 bits per heavy atom. The summed E-state index contributed by atoms with van der Waals surface area (Å²) in [5.41, 5.74) is 0.769. The predicted octanol–water partition coefficient (Wildman–Crippen LogP) is 1.50. The van der Waals surface area contributed by atoms with Crippen LogP contribution in [0.5, 0.6) is 0 Å². The lowest BCUT2D eigenvalue weighted by Crippen LogP contribution is -2.45. The Kier molecular flexibility index (Phi) is 4.88. The van der Waals surface area contributed by atoms with Crippen molar-refractivity contribution < 1.29 is 14.7 Å². The Balaban J connectivity index is 2.13. The maximum absolute atomic E-state index is 12.1. The Hall–Kier alpha value is -2.70. The molecule has 0 saturated heterocycles. The molecule has 1 heterocycles. The van der Waals surface area contributed by atoms with Gasteiger partial charge in [-0.15, -0.1) is 5.10 Å². The highest BCUT2D eigenvalue weighted by Crippen LogP contribution is 2.09. The standard InChI is InChI=1S/C15H18N4O3/c1-3-10(2)12(15(21)22)17-14(20)13-16-9-19(18-13)11-7-5-4-6-8-11/h4-10,12H,3H2,1-2H3,(H,17,20)(H,21,22)/t10-,12-/m0/s1. The van der Waals surface area contributed by atoms with Crippen LogP contribution in [0.4, 0.5) is 0 Å². The molecule has 116 valence electrons. The SMILES string of the molecule is CC[C@H](C)[C@H](NC(=O)c1ncn(-c2ccccc2)n1)C(=O)O. The Morgan fingerprint density at radius 2 is 2.00 bits per heavy atom. The molecule has 2 atom stereocenters. The second-order valence-corrected chi connectivity index (χ2v) is 5.02. The van der Waals surface area contributed by atoms with Crippen molar-refractivity contribution >= 4 is 11.9 Å². The Bertz CT molecular complexity index is 654. The van der Waals surface area contributed by atoms with Crippen molar-refractivity contribution in [3.05, 3.63) is 42.5 Å². The molecule has 0 radical (unpaired) electrons. The molecule has 1 amide bonds. The van der Waals surface area contributed by atoms with Crippen molar-refractivity contribution in [3.8, 4) is 5.69 Å². The minimum absolute atomic E-state index is 0.0570. The number of hydrogen-bond acceptors (Lipinski definition) is 4. The summed E-state index contributed by atoms with van der Waals surface area (Å²) in [7, 11) is 0. The van der Waals surface area contributed by atoms with Crippen LogP contribution in [0, 0.1) is 5.92 Å². The summed E-state index contributed by atoms with van der Waals surface area (Å²) in [4.78, 5) is 27.3. The third-order valence-electron chi connectivity index (χ3n) is 3.48. The number of aliphatic carboxylic acids is 1. The van der Waals surface area contributed by atoms with E-state index in [-0.39, 0.29) is 11.7 Å². The van der Waals surface area contributed by atoms with Gasteiger partial charge in [0.25, 0.3) is 5.91 Å². The highest BCUT2D eigenvalue weighted by atomic mass is 16.4. The second-order valence-electron chi connectivity index (χ2n) is 5.02. The smallest absolute Gasteiger partial charge is 0.326 e. The van der Waals surface area contributed by atoms with E-state index in [9.17, 15) is 14.7 Å². The number of para-hydroxylation sites is 1. The largest absolute Gasteiger partial charge is 0.480 e. The molecular weight excluding hydrogens is 284 g/mol. The fourth-order valence-corrected chi connectivity index (χ4v) is 1.96. The van der Waals surface area contributed by atoms with E-state index in [4.69, 9.17) is 0 Å². The first-order valence-electron chi connectivity index (χ1n) is 7.03. The van der Waals surface area contributed by atoms with E-state index in [2.05, 4.69) is 15.4 Å². The number of carbonyl (C=O) groups is 2. The summed E-state index contributed by atoms with van der Waals surface area (Å²) in [6, 6.07) is 8.27. The van der Waals surface area contributed by atoms with Gasteiger partial charge in [-0.05, 0) is 18.1 Å². The normalized spacial score (nSPS) is 13.4. The lowest BCUT2D eigenvalue weighted by molar-refractivity contribution is -0.140. The van der Waals surface area contributed by atoms with E-state index < -0.39 is 17.9 Å². The average Bonchev–Trinajstić information content (AvgIpc) is 3.02. The van der Waals surface area contributed by atoms with Crippen molar-refractivity contribution in [1.82, 2.24) is 20.1 Å². The summed E-state index contributed by atoms with van der Waals surface area (Å²) in [5.74, 6) is -1.90. The third-order valence-corrected chi connectivity index (χ3v) is 3.48. The first-order valence-corrected chi connectivity index (χ1v) is 7.03. The predicted molar refractivity (Wildman–Crippen MR) is 79.7 cm³/mol. The molecule has 0 aliphatic rings. The number of carboxylic acids is 1. The van der Waals surface area contributed by atoms with Crippen LogP contribution in [-0.4, -0.2) is 37.8 Å². The summed E-state index contributed by atoms with van der Waals surface area (Å²) in [6.45, 7) is 3.64. The lowest BCUT2D eigenvalue weighted by Gasteiger charge is -2.19. The van der Waals surface area contributed by atoms with Gasteiger partial charge in [0.15, 0.2) is 0 Å². The minimum Gasteiger partial charge on any atom is -0.480 e. The number of aromatic nitrogens is 3. The van der Waals surface area contributed by atoms with Crippen LogP contribution in [-0.2, 0) is 4.79 Å². The fraction of sp³-hybridized carbons (Fsp3) is 0.333. The van der Waals surface area contributed by atoms with Crippen LogP contribution in [0.2, 0.25) is 0 Å². The maximum atomic E-state index is 12.1. The molecule has 1 aromatic carbocycles. The summed E-state index contributed by atoms with van der Waals surface area (Å²) >= 11 is 0. The van der Waals surface area contributed by atoms with Crippen LogP contribution in [0.15, 0.2) is 36.7 Å². The van der Waals surface area contributed by atoms with Gasteiger partial charge in [0, 0.05) is 0 Å². The summed E-state index contributed by atoms with van der Waals surface area (Å²) in [5, 5.41) is 15.7. The number of hydrogen-bond donors (Lipinski definition) is 2. The molecule has 7 heteroatoms. The molecule has 0 unspecified atom stereocenters. The van der Waals surface area contributed by atoms with Crippen molar-refractivity contribution in [2.45, 2.75) is 26.3 Å². The molecular formula is C15H18N4O3. The van der Waals surface area contributed by atoms with E-state index in [1.807, 2.05) is 37.3 Å². The molecule has 0 saturated carbocycles. The quantitative estimate of drug-likeness (QED) is 0.842. The van der Waals surface area contributed by atoms with Gasteiger partial charge in [0.05, 0.1) is 5.69 Å². The van der Waals surface area contributed by atoms with Crippen molar-refractivity contribution in [3.63, 3.8) is 0 Å². The van der Waals surface area contributed by atoms with Crippen molar-refractivity contribution in [2.75, 3.05) is 0 Å². The van der Waals surface area contributed by atoms with E-state index in [1.54, 1.807) is 6.92 Å². The number of benzene rings is 1. The molecule has 0 aliphatic heterocycles. The highest BCUT2D eigenvalue weighted by molar-refractivity contribution is 5.93. The Morgan fingerprint density at radius 1 is 1.32 bits per heavy atom. The van der Waals surface area contributed by atoms with Gasteiger partial charge in [0.2, 0.25) is 5.82 Å². The van der Waals surface area contributed by atoms with Gasteiger partial charge in [-0.25, -0.2) is 14.5 Å². The lowest BCUT2D eigenvalue weighted by atomic mass is 9.99. The number of carboxylic acid groups (broad SMARTS) is 1.